The first-order chi connectivity index (χ1) is 34.7. The van der Waals surface area contributed by atoms with Crippen LogP contribution in [0.2, 0.25) is 0 Å². The molecule has 5 atom stereocenters. The number of halogens is 2. The lowest BCUT2D eigenvalue weighted by atomic mass is 9.95. The Morgan fingerprint density at radius 3 is 1.79 bits per heavy atom. The number of nitrogens with zero attached hydrogens (tertiary/aromatic N) is 6. The molecule has 10 rings (SSSR count). The number of carbonyl (C=O) groups excluding carboxylic acids is 4. The number of allylic oxidation sites excluding steroid dienone is 2. The number of alkyl carbamates (subject to hydrolysis) is 2. The summed E-state index contributed by atoms with van der Waals surface area (Å²) in [6.07, 6.45) is 7.26. The maximum absolute atomic E-state index is 17.0. The number of hydrogen-bond acceptors (Lipinski definition) is 11. The van der Waals surface area contributed by atoms with E-state index in [0.717, 1.165) is 68.7 Å². The van der Waals surface area contributed by atoms with E-state index in [0.29, 0.717) is 59.9 Å². The molecule has 3 aromatic carbocycles. The van der Waals surface area contributed by atoms with E-state index in [2.05, 4.69) is 16.7 Å². The van der Waals surface area contributed by atoms with Crippen molar-refractivity contribution in [3.63, 3.8) is 0 Å². The predicted molar refractivity (Wildman–Crippen MR) is 313 cm³/mol. The quantitative estimate of drug-likeness (QED) is 0.124. The number of hydrogen-bond donors (Lipinski definition) is 2. The molecule has 2 aromatic heterocycles. The SMILES string of the molecule is COC(=O)N[C@H](C(=O)N1CCC[C@H]1C1=NC=C(c2cc(F)c3c(c2)OC(c2cnc(-c4ccc(F)cc4)s2)n2c-3cc3cc(C4=CN=C([C@@H]5CCCN5C(=O)[C@@H](NC(=O)OC)C(C)C)C4)ccc32)C1)C(C)C.S.S.S.S. The van der Waals surface area contributed by atoms with Crippen molar-refractivity contribution in [2.75, 3.05) is 27.3 Å². The number of rotatable bonds is 12. The van der Waals surface area contributed by atoms with Crippen molar-refractivity contribution < 1.29 is 42.2 Å². The van der Waals surface area contributed by atoms with Crippen LogP contribution in [0.15, 0.2) is 89.2 Å². The Kier molecular flexibility index (Phi) is 19.3. The van der Waals surface area contributed by atoms with E-state index in [4.69, 9.17) is 29.2 Å². The Morgan fingerprint density at radius 2 is 1.25 bits per heavy atom. The van der Waals surface area contributed by atoms with Crippen molar-refractivity contribution >= 4 is 123 Å². The average molecular weight is 1140 g/mol. The summed E-state index contributed by atoms with van der Waals surface area (Å²) in [6, 6.07) is 15.6. The standard InChI is InChI=1S/C54H56F2N8O7S.4H2S/c1-28(2)47(60-53(67)69-5)50(65)62-17-7-9-41(62)38-21-34(25-57-38)31-13-16-40-33(19-31)23-43-46-37(56)20-32(24-44(46)71-52(64(40)43)45-27-59-49(72-45)30-11-14-36(55)15-12-30)35-22-39(58-26-35)42-10-8-18-63(42)51(66)48(29(3)4)61-54(68)70-6;;;;/h11-16,19-20,23-29,41-42,47-48,52H,7-10,17-18,21-22H2,1-6H3,(H,60,67)(H,61,68);4*1H2/t41-,42-,47-,48-,52?;;;;/m0..../s1. The van der Waals surface area contributed by atoms with Gasteiger partial charge in [0.15, 0.2) is 0 Å². The van der Waals surface area contributed by atoms with Crippen LogP contribution in [0.1, 0.15) is 88.5 Å². The fraction of sp³-hybridized carbons (Fsp3) is 0.389. The number of nitrogens with one attached hydrogen (secondary N) is 2. The molecule has 0 spiro atoms. The molecule has 0 bridgehead atoms. The summed E-state index contributed by atoms with van der Waals surface area (Å²) in [6.45, 7) is 8.61. The van der Waals surface area contributed by atoms with E-state index in [9.17, 15) is 23.6 Å². The molecule has 5 aliphatic rings. The van der Waals surface area contributed by atoms with E-state index in [1.165, 1.54) is 43.8 Å². The number of carbonyl (C=O) groups is 4. The lowest BCUT2D eigenvalue weighted by molar-refractivity contribution is -0.134. The number of ether oxygens (including phenoxy) is 3. The number of fused-ring (bicyclic) bond motifs is 5. The van der Waals surface area contributed by atoms with Gasteiger partial charge in [-0.05, 0) is 114 Å². The van der Waals surface area contributed by atoms with Gasteiger partial charge in [0, 0.05) is 66.9 Å². The van der Waals surface area contributed by atoms with Crippen molar-refractivity contribution in [2.24, 2.45) is 21.8 Å². The topological polar surface area (TPSA) is 169 Å². The van der Waals surface area contributed by atoms with Crippen LogP contribution >= 0.6 is 65.3 Å². The van der Waals surface area contributed by atoms with E-state index >= 15 is 4.39 Å². The second-order valence-electron chi connectivity index (χ2n) is 19.5. The molecule has 406 valence electrons. The van der Waals surface area contributed by atoms with Gasteiger partial charge in [0.1, 0.15) is 34.5 Å². The number of methoxy groups -OCH3 is 2. The Hall–Kier alpha value is -5.81. The fourth-order valence-corrected chi connectivity index (χ4v) is 11.6. The smallest absolute Gasteiger partial charge is 0.407 e. The summed E-state index contributed by atoms with van der Waals surface area (Å²) in [7, 11) is 2.55. The largest absolute Gasteiger partial charge is 0.464 e. The van der Waals surface area contributed by atoms with Crippen LogP contribution in [0.3, 0.4) is 0 Å². The van der Waals surface area contributed by atoms with E-state index in [1.54, 1.807) is 29.4 Å². The molecule has 1 unspecified atom stereocenters. The zero-order valence-corrected chi connectivity index (χ0v) is 47.7. The Labute approximate surface area is 472 Å². The Balaban J connectivity index is 0.00000234. The summed E-state index contributed by atoms with van der Waals surface area (Å²) in [5, 5.41) is 6.94. The van der Waals surface area contributed by atoms with Gasteiger partial charge in [-0.1, -0.05) is 33.8 Å². The highest BCUT2D eigenvalue weighted by Crippen LogP contribution is 2.49. The van der Waals surface area contributed by atoms with Crippen LogP contribution in [-0.2, 0) is 19.1 Å². The molecule has 2 N–H and O–H groups in total. The van der Waals surface area contributed by atoms with Gasteiger partial charge < -0.3 is 34.6 Å². The summed E-state index contributed by atoms with van der Waals surface area (Å²) in [5.41, 5.74) is 7.44. The molecule has 0 radical (unpaired) electrons. The fourth-order valence-electron chi connectivity index (χ4n) is 10.6. The predicted octanol–water partition coefficient (Wildman–Crippen LogP) is 10.2. The molecule has 4 amide bonds. The van der Waals surface area contributed by atoms with E-state index in [-0.39, 0.29) is 95.5 Å². The lowest BCUT2D eigenvalue weighted by Crippen LogP contribution is -2.53. The third kappa shape index (κ3) is 11.4. The number of benzene rings is 3. The highest BCUT2D eigenvalue weighted by molar-refractivity contribution is 7.59. The summed E-state index contributed by atoms with van der Waals surface area (Å²) in [4.78, 5) is 70.8. The van der Waals surface area contributed by atoms with Gasteiger partial charge in [-0.25, -0.2) is 23.4 Å². The molecule has 22 heteroatoms. The second-order valence-corrected chi connectivity index (χ2v) is 20.6. The molecule has 0 aliphatic carbocycles. The second kappa shape index (κ2) is 24.7. The van der Waals surface area contributed by atoms with Crippen LogP contribution in [-0.4, -0.2) is 106 Å². The first-order valence-corrected chi connectivity index (χ1v) is 25.2. The van der Waals surface area contributed by atoms with Crippen LogP contribution in [0.5, 0.6) is 5.75 Å². The molecule has 15 nitrogen and oxygen atoms in total. The van der Waals surface area contributed by atoms with Crippen molar-refractivity contribution in [3.8, 4) is 27.6 Å². The van der Waals surface area contributed by atoms with Crippen LogP contribution < -0.4 is 15.4 Å². The first-order valence-electron chi connectivity index (χ1n) is 24.4. The minimum Gasteiger partial charge on any atom is -0.464 e. The molecule has 5 aliphatic heterocycles. The lowest BCUT2D eigenvalue weighted by Gasteiger charge is -2.31. The van der Waals surface area contributed by atoms with Crippen molar-refractivity contribution in [1.82, 2.24) is 30.0 Å². The summed E-state index contributed by atoms with van der Waals surface area (Å²) >= 11 is 1.41. The third-order valence-corrected chi connectivity index (χ3v) is 15.4. The number of amides is 4. The summed E-state index contributed by atoms with van der Waals surface area (Å²) in [5.74, 6) is -1.17. The van der Waals surface area contributed by atoms with Crippen LogP contribution in [0.4, 0.5) is 18.4 Å². The molecular weight excluding hydrogens is 1070 g/mol. The van der Waals surface area contributed by atoms with Crippen LogP contribution in [0, 0.1) is 23.5 Å². The molecule has 5 aromatic rings. The van der Waals surface area contributed by atoms with Gasteiger partial charge in [-0.3, -0.25) is 24.1 Å². The minimum atomic E-state index is -0.768. The zero-order valence-electron chi connectivity index (χ0n) is 42.9. The molecule has 0 saturated carbocycles. The third-order valence-electron chi connectivity index (χ3n) is 14.4. The Bertz CT molecular complexity index is 3140. The molecule has 7 heterocycles. The Morgan fingerprint density at radius 1 is 0.711 bits per heavy atom. The van der Waals surface area contributed by atoms with E-state index in [1.807, 2.05) is 67.6 Å². The maximum Gasteiger partial charge on any atom is 0.407 e. The minimum absolute atomic E-state index is 0. The highest BCUT2D eigenvalue weighted by Gasteiger charge is 2.41. The molecule has 2 fully saturated rings. The highest BCUT2D eigenvalue weighted by atomic mass is 32.1. The first kappa shape index (κ1) is 59.4. The van der Waals surface area contributed by atoms with E-state index < -0.39 is 36.3 Å². The van der Waals surface area contributed by atoms with Gasteiger partial charge in [-0.15, -0.1) is 11.3 Å². The molecular formula is C54H64F2N8O7S5. The van der Waals surface area contributed by atoms with Gasteiger partial charge in [0.25, 0.3) is 0 Å². The number of aliphatic imine (C=N–C) groups is 2. The normalized spacial score (nSPS) is 19.1. The van der Waals surface area contributed by atoms with Gasteiger partial charge in [-0.2, -0.15) is 54.0 Å². The van der Waals surface area contributed by atoms with Gasteiger partial charge >= 0.3 is 12.2 Å². The number of aromatic nitrogens is 2. The number of thiazole rings is 1. The zero-order chi connectivity index (χ0) is 50.5. The van der Waals surface area contributed by atoms with Crippen molar-refractivity contribution in [3.05, 3.63) is 107 Å². The van der Waals surface area contributed by atoms with Gasteiger partial charge in [0.2, 0.25) is 18.0 Å². The average Bonchev–Trinajstić information content (AvgIpc) is 4.24. The molecule has 76 heavy (non-hydrogen) atoms. The van der Waals surface area contributed by atoms with Gasteiger partial charge in [0.05, 0.1) is 48.0 Å². The monoisotopic (exact) mass is 1130 g/mol. The molecule has 2 saturated heterocycles. The number of likely N-dealkylation sites (tertiary alicyclic amines) is 2. The maximum atomic E-state index is 17.0. The van der Waals surface area contributed by atoms with Crippen LogP contribution in [0.25, 0.3) is 43.9 Å². The van der Waals surface area contributed by atoms with Crippen molar-refractivity contribution in [1.29, 1.82) is 0 Å². The van der Waals surface area contributed by atoms with Crippen molar-refractivity contribution in [2.45, 2.75) is 96.6 Å². The summed E-state index contributed by atoms with van der Waals surface area (Å²) < 4.78 is 49.5.